The maximum Gasteiger partial charge on any atom is 0.136 e. The number of hydrogen-bond acceptors (Lipinski definition) is 4. The van der Waals surface area contributed by atoms with E-state index in [1.54, 1.807) is 7.11 Å². The second kappa shape index (κ2) is 5.67. The number of methoxy groups -OCH3 is 1. The predicted octanol–water partition coefficient (Wildman–Crippen LogP) is 2.56. The maximum atomic E-state index is 5.79. The summed E-state index contributed by atoms with van der Waals surface area (Å²) in [6.07, 6.45) is 5.66. The molecule has 1 aromatic heterocycles. The van der Waals surface area contributed by atoms with Gasteiger partial charge in [-0.2, -0.15) is 0 Å². The first-order chi connectivity index (χ1) is 9.83. The van der Waals surface area contributed by atoms with Crippen LogP contribution in [0.1, 0.15) is 19.3 Å². The van der Waals surface area contributed by atoms with Crippen molar-refractivity contribution in [1.29, 1.82) is 0 Å². The van der Waals surface area contributed by atoms with Gasteiger partial charge in [0.2, 0.25) is 0 Å². The summed E-state index contributed by atoms with van der Waals surface area (Å²) in [4.78, 5) is 6.99. The standard InChI is InChI=1S/C16H21N3O/c1-20-14-6-5-12-7-9-18-16(15(12)11-14)19(10-8-17)13-3-2-4-13/h5-7,9,11,13H,2-4,8,10,17H2,1H3. The molecule has 1 saturated carbocycles. The number of hydrogen-bond donors (Lipinski definition) is 1. The van der Waals surface area contributed by atoms with Gasteiger partial charge in [-0.15, -0.1) is 0 Å². The fraction of sp³-hybridized carbons (Fsp3) is 0.438. The molecule has 0 amide bonds. The first-order valence-corrected chi connectivity index (χ1v) is 7.23. The minimum atomic E-state index is 0.586. The third kappa shape index (κ3) is 2.31. The van der Waals surface area contributed by atoms with Gasteiger partial charge in [0, 0.05) is 30.7 Å². The topological polar surface area (TPSA) is 51.4 Å². The third-order valence-corrected chi connectivity index (χ3v) is 4.11. The molecule has 0 spiro atoms. The highest BCUT2D eigenvalue weighted by Gasteiger charge is 2.26. The van der Waals surface area contributed by atoms with Crippen molar-refractivity contribution in [3.63, 3.8) is 0 Å². The number of ether oxygens (including phenoxy) is 1. The molecule has 4 nitrogen and oxygen atoms in total. The summed E-state index contributed by atoms with van der Waals surface area (Å²) in [7, 11) is 1.70. The van der Waals surface area contributed by atoms with Gasteiger partial charge >= 0.3 is 0 Å². The van der Waals surface area contributed by atoms with E-state index in [4.69, 9.17) is 10.5 Å². The van der Waals surface area contributed by atoms with Gasteiger partial charge in [0.25, 0.3) is 0 Å². The molecule has 20 heavy (non-hydrogen) atoms. The normalized spacial score (nSPS) is 15.1. The minimum Gasteiger partial charge on any atom is -0.497 e. The lowest BCUT2D eigenvalue weighted by molar-refractivity contribution is 0.386. The molecule has 0 saturated heterocycles. The molecule has 1 aromatic carbocycles. The van der Waals surface area contributed by atoms with Crippen LogP contribution in [0.5, 0.6) is 5.75 Å². The second-order valence-electron chi connectivity index (χ2n) is 5.29. The number of benzene rings is 1. The van der Waals surface area contributed by atoms with Crippen molar-refractivity contribution in [1.82, 2.24) is 4.98 Å². The number of pyridine rings is 1. The van der Waals surface area contributed by atoms with Crippen LogP contribution >= 0.6 is 0 Å². The van der Waals surface area contributed by atoms with Crippen molar-refractivity contribution in [3.8, 4) is 5.75 Å². The summed E-state index contributed by atoms with van der Waals surface area (Å²) in [6.45, 7) is 1.51. The van der Waals surface area contributed by atoms with E-state index in [-0.39, 0.29) is 0 Å². The Morgan fingerprint density at radius 3 is 2.85 bits per heavy atom. The smallest absolute Gasteiger partial charge is 0.136 e. The summed E-state index contributed by atoms with van der Waals surface area (Å²) in [5, 5.41) is 2.34. The molecule has 106 valence electrons. The number of nitrogens with zero attached hydrogens (tertiary/aromatic N) is 2. The fourth-order valence-electron chi connectivity index (χ4n) is 2.79. The Kier molecular flexibility index (Phi) is 3.74. The highest BCUT2D eigenvalue weighted by Crippen LogP contribution is 2.33. The average Bonchev–Trinajstić information content (AvgIpc) is 2.43. The lowest BCUT2D eigenvalue weighted by Gasteiger charge is -2.38. The first-order valence-electron chi connectivity index (χ1n) is 7.23. The highest BCUT2D eigenvalue weighted by molar-refractivity contribution is 5.93. The molecular weight excluding hydrogens is 250 g/mol. The molecule has 0 bridgehead atoms. The molecule has 2 N–H and O–H groups in total. The molecule has 0 atom stereocenters. The van der Waals surface area contributed by atoms with Crippen LogP contribution < -0.4 is 15.4 Å². The van der Waals surface area contributed by atoms with Crippen LogP contribution in [-0.4, -0.2) is 31.2 Å². The van der Waals surface area contributed by atoms with Crippen LogP contribution in [0.4, 0.5) is 5.82 Å². The number of aromatic nitrogens is 1. The number of anilines is 1. The van der Waals surface area contributed by atoms with Gasteiger partial charge in [-0.05, 0) is 42.8 Å². The molecule has 0 aliphatic heterocycles. The zero-order valence-corrected chi connectivity index (χ0v) is 11.9. The number of rotatable bonds is 5. The van der Waals surface area contributed by atoms with E-state index < -0.39 is 0 Å². The molecule has 4 heteroatoms. The van der Waals surface area contributed by atoms with Crippen molar-refractivity contribution in [2.45, 2.75) is 25.3 Å². The van der Waals surface area contributed by atoms with Crippen molar-refractivity contribution < 1.29 is 4.74 Å². The molecular formula is C16H21N3O. The van der Waals surface area contributed by atoms with Crippen molar-refractivity contribution in [2.75, 3.05) is 25.1 Å². The van der Waals surface area contributed by atoms with E-state index in [1.165, 1.54) is 24.6 Å². The molecule has 1 aliphatic rings. The average molecular weight is 271 g/mol. The Labute approximate surface area is 119 Å². The van der Waals surface area contributed by atoms with Crippen LogP contribution in [0.25, 0.3) is 10.8 Å². The van der Waals surface area contributed by atoms with E-state index in [1.807, 2.05) is 18.3 Å². The molecule has 1 fully saturated rings. The van der Waals surface area contributed by atoms with E-state index in [2.05, 4.69) is 22.0 Å². The van der Waals surface area contributed by atoms with Gasteiger partial charge in [-0.3, -0.25) is 0 Å². The van der Waals surface area contributed by atoms with E-state index in [0.29, 0.717) is 12.6 Å². The van der Waals surface area contributed by atoms with Gasteiger partial charge in [0.05, 0.1) is 7.11 Å². The van der Waals surface area contributed by atoms with E-state index in [9.17, 15) is 0 Å². The lowest BCUT2D eigenvalue weighted by Crippen LogP contribution is -2.43. The Morgan fingerprint density at radius 2 is 2.20 bits per heavy atom. The summed E-state index contributed by atoms with van der Waals surface area (Å²) in [5.41, 5.74) is 5.79. The Hall–Kier alpha value is -1.81. The monoisotopic (exact) mass is 271 g/mol. The van der Waals surface area contributed by atoms with Gasteiger partial charge in [0.15, 0.2) is 0 Å². The highest BCUT2D eigenvalue weighted by atomic mass is 16.5. The minimum absolute atomic E-state index is 0.586. The Bertz CT molecular complexity index is 595. The largest absolute Gasteiger partial charge is 0.497 e. The summed E-state index contributed by atoms with van der Waals surface area (Å²) >= 11 is 0. The summed E-state index contributed by atoms with van der Waals surface area (Å²) in [6, 6.07) is 8.77. The molecule has 3 rings (SSSR count). The maximum absolute atomic E-state index is 5.79. The zero-order valence-electron chi connectivity index (χ0n) is 11.9. The Balaban J connectivity index is 2.07. The van der Waals surface area contributed by atoms with Gasteiger partial charge in [-0.25, -0.2) is 4.98 Å². The van der Waals surface area contributed by atoms with E-state index >= 15 is 0 Å². The van der Waals surface area contributed by atoms with Crippen LogP contribution in [0, 0.1) is 0 Å². The van der Waals surface area contributed by atoms with Crippen LogP contribution in [0.15, 0.2) is 30.5 Å². The molecule has 1 aliphatic carbocycles. The SMILES string of the molecule is COc1ccc2ccnc(N(CCN)C3CCC3)c2c1. The lowest BCUT2D eigenvalue weighted by atomic mass is 9.91. The quantitative estimate of drug-likeness (QED) is 0.908. The molecule has 2 aromatic rings. The summed E-state index contributed by atoms with van der Waals surface area (Å²) < 4.78 is 5.35. The fourth-order valence-corrected chi connectivity index (χ4v) is 2.79. The van der Waals surface area contributed by atoms with Crippen molar-refractivity contribution in [2.24, 2.45) is 5.73 Å². The summed E-state index contributed by atoms with van der Waals surface area (Å²) in [5.74, 6) is 1.91. The van der Waals surface area contributed by atoms with Crippen molar-refractivity contribution in [3.05, 3.63) is 30.5 Å². The first kappa shape index (κ1) is 13.2. The van der Waals surface area contributed by atoms with Crippen molar-refractivity contribution >= 4 is 16.6 Å². The molecule has 0 radical (unpaired) electrons. The van der Waals surface area contributed by atoms with Crippen LogP contribution in [-0.2, 0) is 0 Å². The molecule has 0 unspecified atom stereocenters. The van der Waals surface area contributed by atoms with Crippen LogP contribution in [0.2, 0.25) is 0 Å². The third-order valence-electron chi connectivity index (χ3n) is 4.11. The number of fused-ring (bicyclic) bond motifs is 1. The Morgan fingerprint density at radius 1 is 1.35 bits per heavy atom. The van der Waals surface area contributed by atoms with Gasteiger partial charge in [-0.1, -0.05) is 6.07 Å². The van der Waals surface area contributed by atoms with Gasteiger partial charge < -0.3 is 15.4 Å². The predicted molar refractivity (Wildman–Crippen MR) is 82.3 cm³/mol. The number of nitrogens with two attached hydrogens (primary N) is 1. The van der Waals surface area contributed by atoms with E-state index in [0.717, 1.165) is 23.5 Å². The van der Waals surface area contributed by atoms with Gasteiger partial charge in [0.1, 0.15) is 11.6 Å². The molecule has 1 heterocycles. The second-order valence-corrected chi connectivity index (χ2v) is 5.29. The zero-order chi connectivity index (χ0) is 13.9. The van der Waals surface area contributed by atoms with Crippen LogP contribution in [0.3, 0.4) is 0 Å².